The average molecular weight is 696 g/mol. The number of ether oxygens (including phenoxy) is 1. The summed E-state index contributed by atoms with van der Waals surface area (Å²) in [6.07, 6.45) is 2.87. The van der Waals surface area contributed by atoms with Crippen LogP contribution in [0.1, 0.15) is 35.6 Å². The number of thioether (sulfide) groups is 1. The minimum Gasteiger partial charge on any atom is -0.379 e. The van der Waals surface area contributed by atoms with Gasteiger partial charge in [0.1, 0.15) is 4.75 Å². The number of hydrogen-bond acceptors (Lipinski definition) is 5. The minimum absolute atomic E-state index is 0.0560. The first-order valence-electron chi connectivity index (χ1n) is 15.0. The number of halogens is 2. The van der Waals surface area contributed by atoms with E-state index in [1.807, 2.05) is 66.6 Å². The molecule has 0 spiro atoms. The molecule has 3 heterocycles. The van der Waals surface area contributed by atoms with Crippen LogP contribution in [0.15, 0.2) is 82.3 Å². The molecule has 3 aromatic carbocycles. The maximum atomic E-state index is 14.6. The van der Waals surface area contributed by atoms with Crippen molar-refractivity contribution in [1.29, 1.82) is 0 Å². The van der Waals surface area contributed by atoms with Crippen LogP contribution < -0.4 is 5.32 Å². The number of morpholine rings is 1. The normalized spacial score (nSPS) is 20.8. The lowest BCUT2D eigenvalue weighted by molar-refractivity contribution is -0.129. The second-order valence-electron chi connectivity index (χ2n) is 11.5. The van der Waals surface area contributed by atoms with Crippen LogP contribution in [-0.2, 0) is 20.9 Å². The number of likely N-dealkylation sites (tertiary alicyclic amines) is 1. The Kier molecular flexibility index (Phi) is 9.68. The summed E-state index contributed by atoms with van der Waals surface area (Å²) in [5.41, 5.74) is 3.97. The van der Waals surface area contributed by atoms with Crippen LogP contribution in [-0.4, -0.2) is 70.7 Å². The van der Waals surface area contributed by atoms with Gasteiger partial charge in [-0.05, 0) is 61.9 Å². The Balaban J connectivity index is 1.39. The molecule has 0 aliphatic carbocycles. The fourth-order valence-electron chi connectivity index (χ4n) is 6.19. The van der Waals surface area contributed by atoms with Crippen molar-refractivity contribution >= 4 is 62.0 Å². The third-order valence-corrected chi connectivity index (χ3v) is 10.6. The molecular formula is C34H36BrClN4O3S. The van der Waals surface area contributed by atoms with E-state index in [9.17, 15) is 9.59 Å². The Hall–Kier alpha value is -2.82. The number of aryl methyl sites for hydroxylation is 1. The molecule has 44 heavy (non-hydrogen) atoms. The lowest BCUT2D eigenvalue weighted by atomic mass is 9.91. The molecule has 2 atom stereocenters. The number of carbonyl (C=O) groups excluding carboxylic acids is 2. The molecule has 0 bridgehead atoms. The molecule has 2 saturated heterocycles. The molecule has 2 fully saturated rings. The number of nitrogens with zero attached hydrogens (tertiary/aromatic N) is 2. The number of carbonyl (C=O) groups is 2. The largest absolute Gasteiger partial charge is 0.379 e. The molecule has 2 amide bonds. The number of H-pyrrole nitrogens is 1. The van der Waals surface area contributed by atoms with Gasteiger partial charge in [-0.15, -0.1) is 11.8 Å². The van der Waals surface area contributed by atoms with Crippen molar-refractivity contribution in [2.24, 2.45) is 0 Å². The van der Waals surface area contributed by atoms with Crippen molar-refractivity contribution < 1.29 is 14.3 Å². The van der Waals surface area contributed by atoms with Crippen LogP contribution in [0.3, 0.4) is 0 Å². The molecule has 0 radical (unpaired) electrons. The highest BCUT2D eigenvalue weighted by Crippen LogP contribution is 2.54. The van der Waals surface area contributed by atoms with E-state index < -0.39 is 10.8 Å². The minimum atomic E-state index is -1.10. The van der Waals surface area contributed by atoms with Gasteiger partial charge in [-0.3, -0.25) is 14.5 Å². The van der Waals surface area contributed by atoms with Gasteiger partial charge in [0.15, 0.2) is 0 Å². The van der Waals surface area contributed by atoms with Gasteiger partial charge in [-0.1, -0.05) is 63.4 Å². The van der Waals surface area contributed by atoms with Gasteiger partial charge in [-0.25, -0.2) is 0 Å². The second kappa shape index (κ2) is 13.7. The van der Waals surface area contributed by atoms with Gasteiger partial charge < -0.3 is 19.9 Å². The van der Waals surface area contributed by atoms with Crippen LogP contribution in [0, 0.1) is 6.92 Å². The van der Waals surface area contributed by atoms with Crippen LogP contribution in [0.5, 0.6) is 0 Å². The predicted molar refractivity (Wildman–Crippen MR) is 180 cm³/mol. The van der Waals surface area contributed by atoms with Crippen LogP contribution in [0.25, 0.3) is 10.9 Å². The van der Waals surface area contributed by atoms with Crippen LogP contribution >= 0.6 is 39.3 Å². The summed E-state index contributed by atoms with van der Waals surface area (Å²) in [5, 5.41) is 4.90. The number of amides is 2. The number of rotatable bonds is 10. The maximum absolute atomic E-state index is 14.6. The highest BCUT2D eigenvalue weighted by molar-refractivity contribution is 9.10. The summed E-state index contributed by atoms with van der Waals surface area (Å²) < 4.78 is 5.34. The van der Waals surface area contributed by atoms with E-state index in [0.29, 0.717) is 18.1 Å². The summed E-state index contributed by atoms with van der Waals surface area (Å²) in [7, 11) is 0. The Morgan fingerprint density at radius 2 is 1.86 bits per heavy atom. The van der Waals surface area contributed by atoms with Crippen molar-refractivity contribution in [3.63, 3.8) is 0 Å². The predicted octanol–water partition coefficient (Wildman–Crippen LogP) is 6.74. The maximum Gasteiger partial charge on any atom is 0.239 e. The highest BCUT2D eigenvalue weighted by Gasteiger charge is 2.58. The topological polar surface area (TPSA) is 77.7 Å². The quantitative estimate of drug-likeness (QED) is 0.180. The lowest BCUT2D eigenvalue weighted by Gasteiger charge is -2.36. The van der Waals surface area contributed by atoms with E-state index in [1.165, 1.54) is 11.8 Å². The third-order valence-electron chi connectivity index (χ3n) is 8.47. The summed E-state index contributed by atoms with van der Waals surface area (Å²) in [5.74, 6) is -0.173. The Morgan fingerprint density at radius 3 is 2.61 bits per heavy atom. The Labute approximate surface area is 275 Å². The van der Waals surface area contributed by atoms with Crippen molar-refractivity contribution in [2.45, 2.75) is 42.0 Å². The molecule has 10 heteroatoms. The molecule has 0 saturated carbocycles. The summed E-state index contributed by atoms with van der Waals surface area (Å²) in [6, 6.07) is 21.3. The SMILES string of the molecule is Cc1ccc(S[C@]2(C(=O)NCCCN3CCOCC3)CC(=O)N(Cc3ccc(Cl)cc3)[C@@H]2c2c[nH]c3cc(Br)ccc23)cc1. The molecule has 0 unspecified atom stereocenters. The first-order chi connectivity index (χ1) is 21.3. The molecule has 4 aromatic rings. The van der Waals surface area contributed by atoms with Gasteiger partial charge >= 0.3 is 0 Å². The van der Waals surface area contributed by atoms with Gasteiger partial charge in [0.2, 0.25) is 11.8 Å². The average Bonchev–Trinajstić information content (AvgIpc) is 3.55. The molecule has 2 aliphatic heterocycles. The van der Waals surface area contributed by atoms with Crippen molar-refractivity contribution in [1.82, 2.24) is 20.1 Å². The van der Waals surface area contributed by atoms with E-state index in [2.05, 4.69) is 49.3 Å². The second-order valence-corrected chi connectivity index (χ2v) is 14.3. The van der Waals surface area contributed by atoms with E-state index in [0.717, 1.165) is 76.2 Å². The smallest absolute Gasteiger partial charge is 0.239 e. The molecular weight excluding hydrogens is 660 g/mol. The zero-order chi connectivity index (χ0) is 30.7. The lowest BCUT2D eigenvalue weighted by Crippen LogP contribution is -2.48. The van der Waals surface area contributed by atoms with Crippen molar-refractivity contribution in [3.05, 3.63) is 99.1 Å². The third kappa shape index (κ3) is 6.72. The van der Waals surface area contributed by atoms with Gasteiger partial charge in [0.05, 0.1) is 25.7 Å². The standard InChI is InChI=1S/C34H36BrClN4O3S/c1-23-3-10-27(11-4-23)44-34(33(42)37-13-2-14-39-15-17-43-18-16-39)20-31(41)40(22-24-5-8-26(36)9-6-24)32(34)29-21-38-30-19-25(35)7-12-28(29)30/h3-12,19,21,32,38H,2,13-18,20,22H2,1H3,(H,37,42)/t32-,34-/m1/s1. The van der Waals surface area contributed by atoms with E-state index >= 15 is 0 Å². The monoisotopic (exact) mass is 694 g/mol. The fraction of sp³-hybridized carbons (Fsp3) is 0.353. The van der Waals surface area contributed by atoms with E-state index in [-0.39, 0.29) is 18.2 Å². The zero-order valence-electron chi connectivity index (χ0n) is 24.7. The van der Waals surface area contributed by atoms with Gasteiger partial charge in [0.25, 0.3) is 0 Å². The van der Waals surface area contributed by atoms with Crippen molar-refractivity contribution in [2.75, 3.05) is 39.4 Å². The summed E-state index contributed by atoms with van der Waals surface area (Å²) in [4.78, 5) is 37.3. The zero-order valence-corrected chi connectivity index (χ0v) is 27.8. The molecule has 6 rings (SSSR count). The number of hydrogen-bond donors (Lipinski definition) is 2. The number of benzene rings is 3. The molecule has 2 N–H and O–H groups in total. The number of aromatic nitrogens is 1. The molecule has 2 aliphatic rings. The number of nitrogens with one attached hydrogen (secondary N) is 2. The van der Waals surface area contributed by atoms with Gasteiger partial charge in [0, 0.05) is 63.2 Å². The first kappa shape index (κ1) is 31.2. The van der Waals surface area contributed by atoms with Crippen molar-refractivity contribution in [3.8, 4) is 0 Å². The van der Waals surface area contributed by atoms with E-state index in [4.69, 9.17) is 16.3 Å². The molecule has 230 valence electrons. The Bertz CT molecular complexity index is 1620. The summed E-state index contributed by atoms with van der Waals surface area (Å²) in [6.45, 7) is 7.15. The van der Waals surface area contributed by atoms with Gasteiger partial charge in [-0.2, -0.15) is 0 Å². The Morgan fingerprint density at radius 1 is 1.11 bits per heavy atom. The van der Waals surface area contributed by atoms with Crippen LogP contribution in [0.2, 0.25) is 5.02 Å². The molecule has 1 aromatic heterocycles. The highest BCUT2D eigenvalue weighted by atomic mass is 79.9. The van der Waals surface area contributed by atoms with E-state index in [1.54, 1.807) is 0 Å². The molecule has 7 nitrogen and oxygen atoms in total. The number of fused-ring (bicyclic) bond motifs is 1. The van der Waals surface area contributed by atoms with Crippen LogP contribution in [0.4, 0.5) is 0 Å². The summed E-state index contributed by atoms with van der Waals surface area (Å²) >= 11 is 11.3. The fourth-order valence-corrected chi connectivity index (χ4v) is 8.10. The number of aromatic amines is 1. The first-order valence-corrected chi connectivity index (χ1v) is 17.0.